The lowest BCUT2D eigenvalue weighted by molar-refractivity contribution is 0.469. The van der Waals surface area contributed by atoms with Gasteiger partial charge in [0.1, 0.15) is 11.5 Å². The topological polar surface area (TPSA) is 65.2 Å². The van der Waals surface area contributed by atoms with Gasteiger partial charge in [-0.25, -0.2) is 0 Å². The van der Waals surface area contributed by atoms with Crippen molar-refractivity contribution in [1.29, 1.82) is 0 Å². The summed E-state index contributed by atoms with van der Waals surface area (Å²) >= 11 is 0. The third-order valence-electron chi connectivity index (χ3n) is 2.80. The maximum absolute atomic E-state index is 9.58. The molecular formula is C18H16N2O2. The summed E-state index contributed by atoms with van der Waals surface area (Å²) < 4.78 is 0. The number of nitrogens with zero attached hydrogens (tertiary/aromatic N) is 2. The van der Waals surface area contributed by atoms with Crippen molar-refractivity contribution in [1.82, 2.24) is 0 Å². The van der Waals surface area contributed by atoms with Gasteiger partial charge in [-0.2, -0.15) is 10.2 Å². The Labute approximate surface area is 129 Å². The maximum Gasteiger partial charge on any atom is 0.123 e. The molecule has 1 heterocycles. The monoisotopic (exact) mass is 292 g/mol. The second-order valence-electron chi connectivity index (χ2n) is 4.33. The number of benzene rings is 2. The Hall–Kier alpha value is -3.14. The molecule has 4 nitrogen and oxygen atoms in total. The standard InChI is InChI=1S/C12H10O2.C6H6N2/c13-11-7-3-1-5-9(11)10-6-2-4-8-12(10)14;1-2-4-6-8-7-5-3-1/h1-8,13-14H;1-6H. The number of hydrogen-bond acceptors (Lipinski definition) is 4. The minimum absolute atomic E-state index is 0.175. The van der Waals surface area contributed by atoms with E-state index in [1.54, 1.807) is 48.8 Å². The minimum Gasteiger partial charge on any atom is -0.507 e. The SMILES string of the molecule is C1=CC=CN=NC=C1.Oc1ccccc1-c1ccccc1O. The van der Waals surface area contributed by atoms with E-state index < -0.39 is 0 Å². The van der Waals surface area contributed by atoms with Gasteiger partial charge in [-0.05, 0) is 24.3 Å². The summed E-state index contributed by atoms with van der Waals surface area (Å²) in [5.41, 5.74) is 1.29. The molecule has 22 heavy (non-hydrogen) atoms. The molecular weight excluding hydrogens is 276 g/mol. The van der Waals surface area contributed by atoms with Crippen LogP contribution in [0.3, 0.4) is 0 Å². The Kier molecular flexibility index (Phi) is 5.70. The zero-order chi connectivity index (χ0) is 15.6. The Morgan fingerprint density at radius 1 is 0.545 bits per heavy atom. The number of allylic oxidation sites excluding steroid dienone is 4. The zero-order valence-electron chi connectivity index (χ0n) is 11.9. The van der Waals surface area contributed by atoms with Crippen LogP contribution in [0.15, 0.2) is 95.5 Å². The van der Waals surface area contributed by atoms with E-state index in [1.807, 2.05) is 36.4 Å². The van der Waals surface area contributed by atoms with Crippen LogP contribution in [0.4, 0.5) is 0 Å². The summed E-state index contributed by atoms with van der Waals surface area (Å²) in [6, 6.07) is 13.9. The van der Waals surface area contributed by atoms with Crippen LogP contribution in [0.25, 0.3) is 11.1 Å². The lowest BCUT2D eigenvalue weighted by Gasteiger charge is -2.05. The molecule has 2 aromatic carbocycles. The third-order valence-corrected chi connectivity index (χ3v) is 2.80. The number of phenolic OH excluding ortho intramolecular Hbond substituents is 2. The molecule has 0 aromatic heterocycles. The van der Waals surface area contributed by atoms with Crippen molar-refractivity contribution in [3.8, 4) is 22.6 Å². The molecule has 0 bridgehead atoms. The summed E-state index contributed by atoms with van der Waals surface area (Å²) in [6.07, 6.45) is 10.7. The van der Waals surface area contributed by atoms with Crippen LogP contribution in [0, 0.1) is 0 Å². The number of hydrogen-bond donors (Lipinski definition) is 2. The summed E-state index contributed by atoms with van der Waals surface area (Å²) in [4.78, 5) is 0. The zero-order valence-corrected chi connectivity index (χ0v) is 11.9. The van der Waals surface area contributed by atoms with Crippen molar-refractivity contribution < 1.29 is 10.2 Å². The average molecular weight is 292 g/mol. The number of azo groups is 1. The van der Waals surface area contributed by atoms with E-state index >= 15 is 0 Å². The van der Waals surface area contributed by atoms with E-state index in [0.717, 1.165) is 0 Å². The molecule has 4 heteroatoms. The summed E-state index contributed by atoms with van der Waals surface area (Å²) in [5, 5.41) is 26.4. The van der Waals surface area contributed by atoms with Gasteiger partial charge in [-0.3, -0.25) is 0 Å². The van der Waals surface area contributed by atoms with Crippen LogP contribution < -0.4 is 0 Å². The summed E-state index contributed by atoms with van der Waals surface area (Å²) in [7, 11) is 0. The second kappa shape index (κ2) is 8.21. The quantitative estimate of drug-likeness (QED) is 0.792. The van der Waals surface area contributed by atoms with Crippen LogP contribution >= 0.6 is 0 Å². The first-order valence-electron chi connectivity index (χ1n) is 6.73. The molecule has 0 amide bonds. The highest BCUT2D eigenvalue weighted by atomic mass is 16.3. The van der Waals surface area contributed by atoms with Gasteiger partial charge in [0.25, 0.3) is 0 Å². The molecule has 2 N–H and O–H groups in total. The van der Waals surface area contributed by atoms with Crippen LogP contribution in [0.1, 0.15) is 0 Å². The Balaban J connectivity index is 0.000000188. The first kappa shape index (κ1) is 15.3. The molecule has 0 spiro atoms. The molecule has 0 saturated carbocycles. The molecule has 110 valence electrons. The van der Waals surface area contributed by atoms with Gasteiger partial charge in [0.2, 0.25) is 0 Å². The van der Waals surface area contributed by atoms with Crippen molar-refractivity contribution in [3.05, 3.63) is 85.2 Å². The van der Waals surface area contributed by atoms with Crippen LogP contribution in [-0.2, 0) is 0 Å². The Morgan fingerprint density at radius 2 is 0.955 bits per heavy atom. The third kappa shape index (κ3) is 4.45. The molecule has 0 unspecified atom stereocenters. The smallest absolute Gasteiger partial charge is 0.123 e. The summed E-state index contributed by atoms with van der Waals surface area (Å²) in [6.45, 7) is 0. The fourth-order valence-corrected chi connectivity index (χ4v) is 1.78. The lowest BCUT2D eigenvalue weighted by Crippen LogP contribution is -1.79. The molecule has 1 aliphatic rings. The van der Waals surface area contributed by atoms with Crippen molar-refractivity contribution in [2.45, 2.75) is 0 Å². The highest BCUT2D eigenvalue weighted by Crippen LogP contribution is 2.34. The molecule has 0 aliphatic carbocycles. The highest BCUT2D eigenvalue weighted by molar-refractivity contribution is 5.74. The predicted molar refractivity (Wildman–Crippen MR) is 87.5 cm³/mol. The molecule has 0 radical (unpaired) electrons. The van der Waals surface area contributed by atoms with Crippen LogP contribution in [0.5, 0.6) is 11.5 Å². The molecule has 0 fully saturated rings. The largest absolute Gasteiger partial charge is 0.507 e. The fraction of sp³-hybridized carbons (Fsp3) is 0. The van der Waals surface area contributed by atoms with Gasteiger partial charge in [0.15, 0.2) is 0 Å². The number of aromatic hydroxyl groups is 2. The van der Waals surface area contributed by atoms with Gasteiger partial charge < -0.3 is 10.2 Å². The normalized spacial score (nSPS) is 12.2. The fourth-order valence-electron chi connectivity index (χ4n) is 1.78. The van der Waals surface area contributed by atoms with Gasteiger partial charge in [0.05, 0.1) is 0 Å². The molecule has 0 saturated heterocycles. The Bertz CT molecular complexity index is 632. The molecule has 1 aliphatic heterocycles. The van der Waals surface area contributed by atoms with Gasteiger partial charge in [-0.15, -0.1) is 0 Å². The van der Waals surface area contributed by atoms with E-state index in [0.29, 0.717) is 11.1 Å². The van der Waals surface area contributed by atoms with Crippen molar-refractivity contribution in [3.63, 3.8) is 0 Å². The number of phenols is 2. The minimum atomic E-state index is 0.175. The number of rotatable bonds is 1. The van der Waals surface area contributed by atoms with E-state index in [9.17, 15) is 10.2 Å². The van der Waals surface area contributed by atoms with E-state index in [1.165, 1.54) is 0 Å². The van der Waals surface area contributed by atoms with E-state index in [-0.39, 0.29) is 11.5 Å². The van der Waals surface area contributed by atoms with Crippen LogP contribution in [0.2, 0.25) is 0 Å². The van der Waals surface area contributed by atoms with Gasteiger partial charge in [0, 0.05) is 23.5 Å². The summed E-state index contributed by atoms with van der Waals surface area (Å²) in [5.74, 6) is 0.350. The van der Waals surface area contributed by atoms with Gasteiger partial charge >= 0.3 is 0 Å². The van der Waals surface area contributed by atoms with Crippen molar-refractivity contribution in [2.75, 3.05) is 0 Å². The first-order valence-corrected chi connectivity index (χ1v) is 6.73. The van der Waals surface area contributed by atoms with Crippen molar-refractivity contribution in [2.24, 2.45) is 10.2 Å². The molecule has 3 rings (SSSR count). The Morgan fingerprint density at radius 3 is 1.36 bits per heavy atom. The maximum atomic E-state index is 9.58. The first-order chi connectivity index (χ1) is 10.8. The predicted octanol–water partition coefficient (Wildman–Crippen LogP) is 4.80. The van der Waals surface area contributed by atoms with E-state index in [2.05, 4.69) is 10.2 Å². The van der Waals surface area contributed by atoms with E-state index in [4.69, 9.17) is 0 Å². The second-order valence-corrected chi connectivity index (χ2v) is 4.33. The molecule has 0 atom stereocenters. The van der Waals surface area contributed by atoms with Gasteiger partial charge in [-0.1, -0.05) is 48.6 Å². The highest BCUT2D eigenvalue weighted by Gasteiger charge is 2.06. The number of para-hydroxylation sites is 2. The van der Waals surface area contributed by atoms with Crippen LogP contribution in [-0.4, -0.2) is 10.2 Å². The lowest BCUT2D eigenvalue weighted by atomic mass is 10.0. The van der Waals surface area contributed by atoms with Crippen molar-refractivity contribution >= 4 is 0 Å². The average Bonchev–Trinajstić information content (AvgIpc) is 2.49. The molecule has 2 aromatic rings.